The summed E-state index contributed by atoms with van der Waals surface area (Å²) in [5.41, 5.74) is 1.56. The SMILES string of the molecule is O=C(NCCC(=O)N1C[C@@H]2CNC[C@@H]2[C@H]1c1ccccc1)c1ccc(F)cc1. The Hall–Kier alpha value is -2.73. The number of halogens is 1. The molecular weight excluding hydrogens is 357 g/mol. The summed E-state index contributed by atoms with van der Waals surface area (Å²) >= 11 is 0. The maximum atomic E-state index is 13.0. The Kier molecular flexibility index (Phi) is 5.39. The third-order valence-corrected chi connectivity index (χ3v) is 5.76. The van der Waals surface area contributed by atoms with Gasteiger partial charge in [-0.25, -0.2) is 4.39 Å². The molecule has 2 aromatic rings. The maximum absolute atomic E-state index is 13.0. The van der Waals surface area contributed by atoms with Crippen LogP contribution in [0.15, 0.2) is 54.6 Å². The molecule has 2 aliphatic rings. The first-order valence-corrected chi connectivity index (χ1v) is 9.72. The molecule has 2 N–H and O–H groups in total. The second-order valence-electron chi connectivity index (χ2n) is 7.50. The van der Waals surface area contributed by atoms with Crippen molar-refractivity contribution in [3.63, 3.8) is 0 Å². The minimum absolute atomic E-state index is 0.0580. The van der Waals surface area contributed by atoms with Crippen LogP contribution in [0.5, 0.6) is 0 Å². The number of amides is 2. The summed E-state index contributed by atoms with van der Waals surface area (Å²) in [5.74, 6) is 0.286. The molecule has 5 nitrogen and oxygen atoms in total. The summed E-state index contributed by atoms with van der Waals surface area (Å²) in [4.78, 5) is 27.0. The van der Waals surface area contributed by atoms with Gasteiger partial charge in [0, 0.05) is 44.1 Å². The predicted molar refractivity (Wildman–Crippen MR) is 104 cm³/mol. The fraction of sp³-hybridized carbons (Fsp3) is 0.364. The van der Waals surface area contributed by atoms with Crippen LogP contribution in [-0.2, 0) is 4.79 Å². The Morgan fingerprint density at radius 1 is 1.07 bits per heavy atom. The first kappa shape index (κ1) is 18.6. The molecule has 0 aliphatic carbocycles. The van der Waals surface area contributed by atoms with E-state index in [1.165, 1.54) is 29.8 Å². The molecule has 0 bridgehead atoms. The Bertz CT molecular complexity index is 841. The molecule has 146 valence electrons. The zero-order valence-corrected chi connectivity index (χ0v) is 15.6. The van der Waals surface area contributed by atoms with Gasteiger partial charge < -0.3 is 15.5 Å². The highest BCUT2D eigenvalue weighted by Crippen LogP contribution is 2.42. The molecule has 2 fully saturated rings. The average Bonchev–Trinajstić information content (AvgIpc) is 3.30. The van der Waals surface area contributed by atoms with Crippen molar-refractivity contribution in [3.05, 3.63) is 71.5 Å². The topological polar surface area (TPSA) is 61.4 Å². The van der Waals surface area contributed by atoms with Gasteiger partial charge in [-0.2, -0.15) is 0 Å². The first-order chi connectivity index (χ1) is 13.6. The van der Waals surface area contributed by atoms with Crippen molar-refractivity contribution in [3.8, 4) is 0 Å². The smallest absolute Gasteiger partial charge is 0.251 e. The van der Waals surface area contributed by atoms with Gasteiger partial charge in [0.2, 0.25) is 5.91 Å². The van der Waals surface area contributed by atoms with Gasteiger partial charge in [0.25, 0.3) is 5.91 Å². The van der Waals surface area contributed by atoms with Crippen LogP contribution in [-0.4, -0.2) is 42.9 Å². The molecule has 4 rings (SSSR count). The Morgan fingerprint density at radius 3 is 2.57 bits per heavy atom. The number of nitrogens with zero attached hydrogens (tertiary/aromatic N) is 1. The lowest BCUT2D eigenvalue weighted by Gasteiger charge is -2.28. The normalized spacial score (nSPS) is 23.5. The number of hydrogen-bond donors (Lipinski definition) is 2. The highest BCUT2D eigenvalue weighted by Gasteiger charge is 2.46. The lowest BCUT2D eigenvalue weighted by atomic mass is 9.89. The van der Waals surface area contributed by atoms with Crippen molar-refractivity contribution in [2.24, 2.45) is 11.8 Å². The number of carbonyl (C=O) groups excluding carboxylic acids is 2. The molecule has 28 heavy (non-hydrogen) atoms. The van der Waals surface area contributed by atoms with Crippen LogP contribution in [0.25, 0.3) is 0 Å². The van der Waals surface area contributed by atoms with Gasteiger partial charge in [0.1, 0.15) is 5.82 Å². The lowest BCUT2D eigenvalue weighted by Crippen LogP contribution is -2.37. The monoisotopic (exact) mass is 381 g/mol. The molecule has 3 atom stereocenters. The van der Waals surface area contributed by atoms with Gasteiger partial charge in [-0.05, 0) is 35.7 Å². The van der Waals surface area contributed by atoms with E-state index >= 15 is 0 Å². The number of nitrogens with one attached hydrogen (secondary N) is 2. The van der Waals surface area contributed by atoms with Crippen molar-refractivity contribution < 1.29 is 14.0 Å². The van der Waals surface area contributed by atoms with Gasteiger partial charge in [-0.15, -0.1) is 0 Å². The Balaban J connectivity index is 1.38. The molecular formula is C22H24FN3O2. The van der Waals surface area contributed by atoms with E-state index in [2.05, 4.69) is 22.8 Å². The third-order valence-electron chi connectivity index (χ3n) is 5.76. The van der Waals surface area contributed by atoms with E-state index in [9.17, 15) is 14.0 Å². The van der Waals surface area contributed by atoms with Crippen LogP contribution in [0, 0.1) is 17.7 Å². The minimum Gasteiger partial charge on any atom is -0.352 e. The lowest BCUT2D eigenvalue weighted by molar-refractivity contribution is -0.132. The Morgan fingerprint density at radius 2 is 1.82 bits per heavy atom. The fourth-order valence-corrected chi connectivity index (χ4v) is 4.38. The zero-order valence-electron chi connectivity index (χ0n) is 15.6. The minimum atomic E-state index is -0.382. The second-order valence-corrected chi connectivity index (χ2v) is 7.50. The third kappa shape index (κ3) is 3.78. The van der Waals surface area contributed by atoms with E-state index in [0.29, 0.717) is 17.4 Å². The molecule has 0 unspecified atom stereocenters. The average molecular weight is 381 g/mol. The maximum Gasteiger partial charge on any atom is 0.251 e. The van der Waals surface area contributed by atoms with Gasteiger partial charge in [-0.1, -0.05) is 30.3 Å². The molecule has 0 aromatic heterocycles. The van der Waals surface area contributed by atoms with Crippen molar-refractivity contribution in [1.82, 2.24) is 15.5 Å². The standard InChI is InChI=1S/C22H24FN3O2/c23-18-8-6-16(7-9-18)22(28)25-11-10-20(27)26-14-17-12-24-13-19(17)21(26)15-4-2-1-3-5-15/h1-9,17,19,21,24H,10-14H2,(H,25,28)/t17-,19-,21+/m0/s1. The van der Waals surface area contributed by atoms with Gasteiger partial charge in [0.05, 0.1) is 6.04 Å². The number of benzene rings is 2. The van der Waals surface area contributed by atoms with Gasteiger partial charge in [-0.3, -0.25) is 9.59 Å². The van der Waals surface area contributed by atoms with Crippen LogP contribution in [0.2, 0.25) is 0 Å². The van der Waals surface area contributed by atoms with Crippen LogP contribution in [0.1, 0.15) is 28.4 Å². The molecule has 6 heteroatoms. The largest absolute Gasteiger partial charge is 0.352 e. The molecule has 2 aliphatic heterocycles. The molecule has 2 amide bonds. The summed E-state index contributed by atoms with van der Waals surface area (Å²) in [7, 11) is 0. The number of rotatable bonds is 5. The summed E-state index contributed by atoms with van der Waals surface area (Å²) in [5, 5.41) is 6.20. The summed E-state index contributed by atoms with van der Waals surface area (Å²) in [6, 6.07) is 15.6. The molecule has 0 spiro atoms. The van der Waals surface area contributed by atoms with E-state index in [0.717, 1.165) is 19.6 Å². The van der Waals surface area contributed by atoms with Crippen LogP contribution in [0.3, 0.4) is 0 Å². The van der Waals surface area contributed by atoms with Crippen molar-refractivity contribution in [1.29, 1.82) is 0 Å². The van der Waals surface area contributed by atoms with E-state index in [1.807, 2.05) is 23.1 Å². The fourth-order valence-electron chi connectivity index (χ4n) is 4.38. The second kappa shape index (κ2) is 8.10. The first-order valence-electron chi connectivity index (χ1n) is 9.72. The van der Waals surface area contributed by atoms with Gasteiger partial charge in [0.15, 0.2) is 0 Å². The summed E-state index contributed by atoms with van der Waals surface area (Å²) < 4.78 is 13.0. The summed E-state index contributed by atoms with van der Waals surface area (Å²) in [6.45, 7) is 2.89. The van der Waals surface area contributed by atoms with Crippen molar-refractivity contribution in [2.75, 3.05) is 26.2 Å². The quantitative estimate of drug-likeness (QED) is 0.836. The number of hydrogen-bond acceptors (Lipinski definition) is 3. The van der Waals surface area contributed by atoms with Crippen LogP contribution >= 0.6 is 0 Å². The van der Waals surface area contributed by atoms with Crippen molar-refractivity contribution in [2.45, 2.75) is 12.5 Å². The zero-order chi connectivity index (χ0) is 19.5. The van der Waals surface area contributed by atoms with E-state index in [-0.39, 0.29) is 36.6 Å². The molecule has 0 saturated carbocycles. The number of carbonyl (C=O) groups is 2. The van der Waals surface area contributed by atoms with E-state index in [1.54, 1.807) is 0 Å². The number of fused-ring (bicyclic) bond motifs is 1. The van der Waals surface area contributed by atoms with Gasteiger partial charge >= 0.3 is 0 Å². The number of likely N-dealkylation sites (tertiary alicyclic amines) is 1. The highest BCUT2D eigenvalue weighted by atomic mass is 19.1. The predicted octanol–water partition coefficient (Wildman–Crippen LogP) is 2.36. The molecule has 2 aromatic carbocycles. The molecule has 2 heterocycles. The molecule has 0 radical (unpaired) electrons. The Labute approximate surface area is 163 Å². The van der Waals surface area contributed by atoms with Crippen LogP contribution in [0.4, 0.5) is 4.39 Å². The van der Waals surface area contributed by atoms with Crippen molar-refractivity contribution >= 4 is 11.8 Å². The van der Waals surface area contributed by atoms with Crippen LogP contribution < -0.4 is 10.6 Å². The highest BCUT2D eigenvalue weighted by molar-refractivity contribution is 5.94. The summed E-state index contributed by atoms with van der Waals surface area (Å²) in [6.07, 6.45) is 0.253. The van der Waals surface area contributed by atoms with E-state index in [4.69, 9.17) is 0 Å². The molecule has 2 saturated heterocycles. The van der Waals surface area contributed by atoms with E-state index < -0.39 is 0 Å².